The molecular formula is C19H17FN2O4. The average Bonchev–Trinajstić information content (AvgIpc) is 3.44. The van der Waals surface area contributed by atoms with Gasteiger partial charge >= 0.3 is 5.97 Å². The van der Waals surface area contributed by atoms with E-state index in [-0.39, 0.29) is 0 Å². The summed E-state index contributed by atoms with van der Waals surface area (Å²) in [4.78, 5) is 36.4. The summed E-state index contributed by atoms with van der Waals surface area (Å²) >= 11 is 0. The molecule has 26 heavy (non-hydrogen) atoms. The number of ether oxygens (including phenoxy) is 1. The number of rotatable bonds is 5. The fourth-order valence-corrected chi connectivity index (χ4v) is 2.56. The summed E-state index contributed by atoms with van der Waals surface area (Å²) < 4.78 is 17.8. The Bertz CT molecular complexity index is 860. The molecule has 1 fully saturated rings. The Hall–Kier alpha value is -3.22. The molecular weight excluding hydrogens is 339 g/mol. The number of nitrogens with one attached hydrogen (secondary N) is 2. The zero-order chi connectivity index (χ0) is 18.7. The van der Waals surface area contributed by atoms with E-state index in [4.69, 9.17) is 0 Å². The number of anilines is 2. The van der Waals surface area contributed by atoms with Crippen LogP contribution in [0.4, 0.5) is 15.8 Å². The maximum absolute atomic E-state index is 13.2. The van der Waals surface area contributed by atoms with E-state index in [2.05, 4.69) is 15.4 Å². The van der Waals surface area contributed by atoms with E-state index in [0.717, 1.165) is 0 Å². The van der Waals surface area contributed by atoms with Crippen molar-refractivity contribution in [3.05, 3.63) is 59.9 Å². The van der Waals surface area contributed by atoms with Crippen LogP contribution in [0.25, 0.3) is 0 Å². The number of esters is 1. The highest BCUT2D eigenvalue weighted by atomic mass is 19.1. The van der Waals surface area contributed by atoms with E-state index in [9.17, 15) is 18.8 Å². The summed E-state index contributed by atoms with van der Waals surface area (Å²) in [5.74, 6) is -1.84. The Labute approximate surface area is 149 Å². The van der Waals surface area contributed by atoms with Crippen molar-refractivity contribution in [2.24, 2.45) is 5.41 Å². The molecule has 2 N–H and O–H groups in total. The van der Waals surface area contributed by atoms with Crippen molar-refractivity contribution in [2.45, 2.75) is 12.8 Å². The van der Waals surface area contributed by atoms with Gasteiger partial charge in [0.15, 0.2) is 0 Å². The van der Waals surface area contributed by atoms with Gasteiger partial charge in [0.1, 0.15) is 11.2 Å². The van der Waals surface area contributed by atoms with Gasteiger partial charge in [-0.1, -0.05) is 6.07 Å². The number of methoxy groups -OCH3 is 1. The molecule has 0 spiro atoms. The second-order valence-corrected chi connectivity index (χ2v) is 6.07. The van der Waals surface area contributed by atoms with Gasteiger partial charge in [0.2, 0.25) is 11.8 Å². The standard InChI is InChI=1S/C19H17FN2O4/c1-26-16(23)12-5-7-14(8-6-12)21-17(24)19(9-10-19)18(25)22-15-4-2-3-13(20)11-15/h2-8,11H,9-10H2,1H3,(H,21,24)(H,22,25). The van der Waals surface area contributed by atoms with Gasteiger partial charge in [-0.3, -0.25) is 9.59 Å². The molecule has 0 bridgehead atoms. The molecule has 2 amide bonds. The lowest BCUT2D eigenvalue weighted by molar-refractivity contribution is -0.131. The number of carbonyl (C=O) groups excluding carboxylic acids is 3. The number of hydrogen-bond acceptors (Lipinski definition) is 4. The van der Waals surface area contributed by atoms with Crippen LogP contribution >= 0.6 is 0 Å². The molecule has 0 radical (unpaired) electrons. The SMILES string of the molecule is COC(=O)c1ccc(NC(=O)C2(C(=O)Nc3cccc(F)c3)CC2)cc1. The van der Waals surface area contributed by atoms with Crippen molar-refractivity contribution < 1.29 is 23.5 Å². The quantitative estimate of drug-likeness (QED) is 0.637. The molecule has 0 aromatic heterocycles. The van der Waals surface area contributed by atoms with Crippen LogP contribution in [0.15, 0.2) is 48.5 Å². The van der Waals surface area contributed by atoms with Crippen LogP contribution in [-0.2, 0) is 14.3 Å². The first kappa shape index (κ1) is 17.6. The molecule has 1 aliphatic carbocycles. The minimum atomic E-state index is -1.16. The number of benzene rings is 2. The van der Waals surface area contributed by atoms with Crippen molar-refractivity contribution in [1.29, 1.82) is 0 Å². The summed E-state index contributed by atoms with van der Waals surface area (Å²) in [6.45, 7) is 0. The van der Waals surface area contributed by atoms with E-state index >= 15 is 0 Å². The second kappa shape index (κ2) is 6.95. The highest BCUT2D eigenvalue weighted by molar-refractivity contribution is 6.16. The third-order valence-corrected chi connectivity index (χ3v) is 4.27. The van der Waals surface area contributed by atoms with Gasteiger partial charge in [0, 0.05) is 11.4 Å². The Morgan fingerprint density at radius 2 is 1.58 bits per heavy atom. The van der Waals surface area contributed by atoms with E-state index in [1.807, 2.05) is 0 Å². The summed E-state index contributed by atoms with van der Waals surface area (Å²) in [7, 11) is 1.28. The first-order valence-electron chi connectivity index (χ1n) is 8.01. The molecule has 2 aromatic rings. The number of halogens is 1. The molecule has 0 aliphatic heterocycles. The van der Waals surface area contributed by atoms with Gasteiger partial charge in [-0.05, 0) is 55.3 Å². The lowest BCUT2D eigenvalue weighted by Crippen LogP contribution is -2.35. The highest BCUT2D eigenvalue weighted by Crippen LogP contribution is 2.47. The maximum Gasteiger partial charge on any atom is 0.337 e. The molecule has 0 heterocycles. The van der Waals surface area contributed by atoms with Gasteiger partial charge in [-0.15, -0.1) is 0 Å². The highest BCUT2D eigenvalue weighted by Gasteiger charge is 2.56. The minimum absolute atomic E-state index is 0.302. The van der Waals surface area contributed by atoms with E-state index in [0.29, 0.717) is 29.8 Å². The van der Waals surface area contributed by atoms with E-state index in [1.54, 1.807) is 18.2 Å². The molecule has 2 aromatic carbocycles. The minimum Gasteiger partial charge on any atom is -0.465 e. The lowest BCUT2D eigenvalue weighted by Gasteiger charge is -2.15. The Balaban J connectivity index is 1.67. The van der Waals surface area contributed by atoms with Crippen molar-refractivity contribution in [3.8, 4) is 0 Å². The second-order valence-electron chi connectivity index (χ2n) is 6.07. The maximum atomic E-state index is 13.2. The van der Waals surface area contributed by atoms with Gasteiger partial charge in [-0.25, -0.2) is 9.18 Å². The lowest BCUT2D eigenvalue weighted by atomic mass is 10.0. The molecule has 134 valence electrons. The van der Waals surface area contributed by atoms with Gasteiger partial charge in [-0.2, -0.15) is 0 Å². The predicted molar refractivity (Wildman–Crippen MR) is 93.1 cm³/mol. The van der Waals surface area contributed by atoms with Crippen LogP contribution in [0, 0.1) is 11.2 Å². The van der Waals surface area contributed by atoms with Gasteiger partial charge in [0.25, 0.3) is 0 Å². The van der Waals surface area contributed by atoms with E-state index in [1.165, 1.54) is 37.4 Å². The van der Waals surface area contributed by atoms with Crippen LogP contribution in [0.2, 0.25) is 0 Å². The largest absolute Gasteiger partial charge is 0.465 e. The first-order chi connectivity index (χ1) is 12.4. The van der Waals surface area contributed by atoms with E-state index < -0.39 is 29.0 Å². The normalized spacial score (nSPS) is 14.2. The van der Waals surface area contributed by atoms with Crippen LogP contribution in [0.5, 0.6) is 0 Å². The fourth-order valence-electron chi connectivity index (χ4n) is 2.56. The zero-order valence-corrected chi connectivity index (χ0v) is 14.0. The third-order valence-electron chi connectivity index (χ3n) is 4.27. The van der Waals surface area contributed by atoms with Crippen molar-refractivity contribution in [2.75, 3.05) is 17.7 Å². The molecule has 7 heteroatoms. The molecule has 6 nitrogen and oxygen atoms in total. The number of amides is 2. The summed E-state index contributed by atoms with van der Waals surface area (Å²) in [6.07, 6.45) is 0.834. The zero-order valence-electron chi connectivity index (χ0n) is 14.0. The first-order valence-corrected chi connectivity index (χ1v) is 8.01. The number of hydrogen-bond donors (Lipinski definition) is 2. The Morgan fingerprint density at radius 1 is 0.962 bits per heavy atom. The molecule has 0 saturated heterocycles. The predicted octanol–water partition coefficient (Wildman–Crippen LogP) is 2.97. The fraction of sp³-hybridized carbons (Fsp3) is 0.211. The molecule has 0 atom stereocenters. The van der Waals surface area contributed by atoms with Crippen LogP contribution in [-0.4, -0.2) is 24.9 Å². The summed E-state index contributed by atoms with van der Waals surface area (Å²) in [6, 6.07) is 11.7. The summed E-state index contributed by atoms with van der Waals surface area (Å²) in [5.41, 5.74) is -0.0349. The Kier molecular flexibility index (Phi) is 4.71. The van der Waals surface area contributed by atoms with Crippen molar-refractivity contribution in [3.63, 3.8) is 0 Å². The Morgan fingerprint density at radius 3 is 2.12 bits per heavy atom. The summed E-state index contributed by atoms with van der Waals surface area (Å²) in [5, 5.41) is 5.26. The third kappa shape index (κ3) is 3.56. The van der Waals surface area contributed by atoms with Crippen molar-refractivity contribution in [1.82, 2.24) is 0 Å². The smallest absolute Gasteiger partial charge is 0.337 e. The topological polar surface area (TPSA) is 84.5 Å². The molecule has 1 saturated carbocycles. The molecule has 0 unspecified atom stereocenters. The molecule has 1 aliphatic rings. The monoisotopic (exact) mass is 356 g/mol. The number of carbonyl (C=O) groups is 3. The van der Waals surface area contributed by atoms with Crippen molar-refractivity contribution >= 4 is 29.2 Å². The van der Waals surface area contributed by atoms with Gasteiger partial charge < -0.3 is 15.4 Å². The van der Waals surface area contributed by atoms with Crippen LogP contribution in [0.3, 0.4) is 0 Å². The average molecular weight is 356 g/mol. The van der Waals surface area contributed by atoms with Crippen LogP contribution < -0.4 is 10.6 Å². The van der Waals surface area contributed by atoms with Crippen LogP contribution in [0.1, 0.15) is 23.2 Å². The van der Waals surface area contributed by atoms with Gasteiger partial charge in [0.05, 0.1) is 12.7 Å². The molecule has 3 rings (SSSR count).